The van der Waals surface area contributed by atoms with Crippen LogP contribution in [0.25, 0.3) is 10.9 Å². The molecule has 0 aliphatic carbocycles. The zero-order chi connectivity index (χ0) is 24.6. The van der Waals surface area contributed by atoms with E-state index in [2.05, 4.69) is 10.2 Å². The fourth-order valence-electron chi connectivity index (χ4n) is 3.94. The molecule has 1 fully saturated rings. The number of nitrogens with zero attached hydrogens (tertiary/aromatic N) is 3. The van der Waals surface area contributed by atoms with Gasteiger partial charge in [0.25, 0.3) is 5.56 Å². The van der Waals surface area contributed by atoms with Crippen LogP contribution < -0.4 is 15.8 Å². The standard InChI is InChI=1S/C26H32N4O4S/c1-3-33-16-6-13-30-25(32)22-7-4-5-8-23(22)28-26(30)35-19(2)24(31)27-20-9-11-21(12-10-20)29-14-17-34-18-15-29/h4-5,7-12,19H,3,6,13-18H2,1-2H3,(H,27,31). The van der Waals surface area contributed by atoms with E-state index < -0.39 is 5.25 Å². The van der Waals surface area contributed by atoms with E-state index in [1.165, 1.54) is 11.8 Å². The third-order valence-electron chi connectivity index (χ3n) is 5.86. The lowest BCUT2D eigenvalue weighted by Gasteiger charge is -2.28. The minimum Gasteiger partial charge on any atom is -0.382 e. The summed E-state index contributed by atoms with van der Waals surface area (Å²) < 4.78 is 12.5. The van der Waals surface area contributed by atoms with Gasteiger partial charge < -0.3 is 19.7 Å². The topological polar surface area (TPSA) is 85.7 Å². The van der Waals surface area contributed by atoms with Crippen LogP contribution in [0.1, 0.15) is 20.3 Å². The SMILES string of the molecule is CCOCCCn1c(SC(C)C(=O)Nc2ccc(N3CCOCC3)cc2)nc2ccccc2c1=O. The monoisotopic (exact) mass is 496 g/mol. The summed E-state index contributed by atoms with van der Waals surface area (Å²) in [5.41, 5.74) is 2.39. The van der Waals surface area contributed by atoms with Crippen molar-refractivity contribution in [3.63, 3.8) is 0 Å². The zero-order valence-electron chi connectivity index (χ0n) is 20.2. The molecule has 4 rings (SSSR count). The zero-order valence-corrected chi connectivity index (χ0v) is 21.1. The number of hydrogen-bond donors (Lipinski definition) is 1. The van der Waals surface area contributed by atoms with Crippen molar-refractivity contribution in [2.24, 2.45) is 0 Å². The van der Waals surface area contributed by atoms with Crippen molar-refractivity contribution < 1.29 is 14.3 Å². The highest BCUT2D eigenvalue weighted by Gasteiger charge is 2.20. The lowest BCUT2D eigenvalue weighted by Crippen LogP contribution is -2.36. The molecule has 1 saturated heterocycles. The number of hydrogen-bond acceptors (Lipinski definition) is 7. The second-order valence-corrected chi connectivity index (χ2v) is 9.62. The predicted octanol–water partition coefficient (Wildman–Crippen LogP) is 3.78. The Morgan fingerprint density at radius 3 is 2.66 bits per heavy atom. The largest absolute Gasteiger partial charge is 0.382 e. The summed E-state index contributed by atoms with van der Waals surface area (Å²) >= 11 is 1.29. The Labute approximate surface area is 209 Å². The lowest BCUT2D eigenvalue weighted by atomic mass is 10.2. The first-order valence-corrected chi connectivity index (χ1v) is 12.9. The van der Waals surface area contributed by atoms with Crippen molar-refractivity contribution in [1.82, 2.24) is 9.55 Å². The van der Waals surface area contributed by atoms with Crippen molar-refractivity contribution in [3.8, 4) is 0 Å². The highest BCUT2D eigenvalue weighted by atomic mass is 32.2. The molecule has 35 heavy (non-hydrogen) atoms. The number of nitrogens with one attached hydrogen (secondary N) is 1. The number of carbonyl (C=O) groups is 1. The van der Waals surface area contributed by atoms with Gasteiger partial charge in [-0.15, -0.1) is 0 Å². The van der Waals surface area contributed by atoms with E-state index in [0.29, 0.717) is 42.2 Å². The Hall–Kier alpha value is -2.88. The smallest absolute Gasteiger partial charge is 0.262 e. The van der Waals surface area contributed by atoms with Gasteiger partial charge >= 0.3 is 0 Å². The molecule has 0 radical (unpaired) electrons. The van der Waals surface area contributed by atoms with Crippen LogP contribution >= 0.6 is 11.8 Å². The Balaban J connectivity index is 1.46. The second kappa shape index (κ2) is 12.2. The van der Waals surface area contributed by atoms with Gasteiger partial charge in [-0.3, -0.25) is 14.2 Å². The van der Waals surface area contributed by atoms with Crippen LogP contribution in [0.3, 0.4) is 0 Å². The summed E-state index contributed by atoms with van der Waals surface area (Å²) in [6, 6.07) is 15.2. The maximum Gasteiger partial charge on any atom is 0.262 e. The van der Waals surface area contributed by atoms with Crippen LogP contribution in [-0.2, 0) is 20.8 Å². The van der Waals surface area contributed by atoms with Crippen molar-refractivity contribution in [2.75, 3.05) is 49.7 Å². The van der Waals surface area contributed by atoms with Crippen LogP contribution in [0.4, 0.5) is 11.4 Å². The second-order valence-electron chi connectivity index (χ2n) is 8.31. The van der Waals surface area contributed by atoms with Gasteiger partial charge in [-0.25, -0.2) is 4.98 Å². The molecule has 0 saturated carbocycles. The molecular formula is C26H32N4O4S. The molecule has 1 atom stereocenters. The molecule has 186 valence electrons. The van der Waals surface area contributed by atoms with Crippen molar-refractivity contribution in [3.05, 3.63) is 58.9 Å². The van der Waals surface area contributed by atoms with Crippen LogP contribution in [-0.4, -0.2) is 60.2 Å². The number of morpholine rings is 1. The number of amides is 1. The van der Waals surface area contributed by atoms with E-state index >= 15 is 0 Å². The molecule has 1 aliphatic rings. The minimum absolute atomic E-state index is 0.0964. The summed E-state index contributed by atoms with van der Waals surface area (Å²) in [6.45, 7) is 8.65. The lowest BCUT2D eigenvalue weighted by molar-refractivity contribution is -0.115. The molecule has 1 amide bonds. The van der Waals surface area contributed by atoms with E-state index in [4.69, 9.17) is 14.5 Å². The summed E-state index contributed by atoms with van der Waals surface area (Å²) in [4.78, 5) is 33.1. The number of carbonyl (C=O) groups excluding carboxylic acids is 1. The molecule has 1 aromatic heterocycles. The van der Waals surface area contributed by atoms with Crippen LogP contribution in [0, 0.1) is 0 Å². The number of ether oxygens (including phenoxy) is 2. The van der Waals surface area contributed by atoms with Crippen molar-refractivity contribution in [1.29, 1.82) is 0 Å². The molecule has 0 bridgehead atoms. The van der Waals surface area contributed by atoms with E-state index in [-0.39, 0.29) is 11.5 Å². The Morgan fingerprint density at radius 2 is 1.91 bits per heavy atom. The summed E-state index contributed by atoms with van der Waals surface area (Å²) in [5.74, 6) is -0.141. The number of thioether (sulfide) groups is 1. The van der Waals surface area contributed by atoms with Crippen LogP contribution in [0.15, 0.2) is 58.5 Å². The van der Waals surface area contributed by atoms with Gasteiger partial charge in [0.1, 0.15) is 0 Å². The number of benzene rings is 2. The van der Waals surface area contributed by atoms with Gasteiger partial charge in [0.15, 0.2) is 5.16 Å². The third kappa shape index (κ3) is 6.42. The maximum absolute atomic E-state index is 13.2. The molecule has 0 spiro atoms. The molecule has 1 aliphatic heterocycles. The van der Waals surface area contributed by atoms with Gasteiger partial charge in [0, 0.05) is 44.2 Å². The highest BCUT2D eigenvalue weighted by Crippen LogP contribution is 2.25. The Morgan fingerprint density at radius 1 is 1.17 bits per heavy atom. The van der Waals surface area contributed by atoms with Gasteiger partial charge in [-0.1, -0.05) is 23.9 Å². The molecule has 9 heteroatoms. The van der Waals surface area contributed by atoms with Gasteiger partial charge in [0.05, 0.1) is 29.4 Å². The van der Waals surface area contributed by atoms with Gasteiger partial charge in [-0.05, 0) is 56.7 Å². The minimum atomic E-state index is -0.444. The molecule has 2 aromatic carbocycles. The van der Waals surface area contributed by atoms with E-state index in [0.717, 1.165) is 37.7 Å². The molecule has 1 N–H and O–H groups in total. The fourth-order valence-corrected chi connectivity index (χ4v) is 4.87. The first-order valence-electron chi connectivity index (χ1n) is 12.0. The quantitative estimate of drug-likeness (QED) is 0.260. The van der Waals surface area contributed by atoms with E-state index in [1.807, 2.05) is 56.3 Å². The summed E-state index contributed by atoms with van der Waals surface area (Å²) in [6.07, 6.45) is 0.692. The average Bonchev–Trinajstić information content (AvgIpc) is 2.89. The normalized spacial score (nSPS) is 14.7. The van der Waals surface area contributed by atoms with E-state index in [1.54, 1.807) is 10.6 Å². The van der Waals surface area contributed by atoms with Crippen LogP contribution in [0.5, 0.6) is 0 Å². The van der Waals surface area contributed by atoms with Crippen molar-refractivity contribution in [2.45, 2.75) is 37.2 Å². The fraction of sp³-hybridized carbons (Fsp3) is 0.423. The number of fused-ring (bicyclic) bond motifs is 1. The molecule has 2 heterocycles. The van der Waals surface area contributed by atoms with Crippen molar-refractivity contribution >= 4 is 39.9 Å². The van der Waals surface area contributed by atoms with E-state index in [9.17, 15) is 9.59 Å². The maximum atomic E-state index is 13.2. The van der Waals surface area contributed by atoms with Crippen LogP contribution in [0.2, 0.25) is 0 Å². The molecule has 8 nitrogen and oxygen atoms in total. The van der Waals surface area contributed by atoms with Gasteiger partial charge in [-0.2, -0.15) is 0 Å². The Kier molecular flexibility index (Phi) is 8.79. The Bertz CT molecular complexity index is 1190. The third-order valence-corrected chi connectivity index (χ3v) is 6.95. The number of rotatable bonds is 10. The predicted molar refractivity (Wildman–Crippen MR) is 141 cm³/mol. The summed E-state index contributed by atoms with van der Waals surface area (Å²) in [7, 11) is 0. The molecule has 3 aromatic rings. The molecular weight excluding hydrogens is 464 g/mol. The number of aromatic nitrogens is 2. The first kappa shape index (κ1) is 25.2. The number of anilines is 2. The molecule has 1 unspecified atom stereocenters. The summed E-state index contributed by atoms with van der Waals surface area (Å²) in [5, 5.41) is 3.65. The highest BCUT2D eigenvalue weighted by molar-refractivity contribution is 8.00. The van der Waals surface area contributed by atoms with Gasteiger partial charge in [0.2, 0.25) is 5.91 Å². The average molecular weight is 497 g/mol. The number of para-hydroxylation sites is 1. The first-order chi connectivity index (χ1) is 17.1.